The van der Waals surface area contributed by atoms with E-state index in [1.54, 1.807) is 0 Å². The summed E-state index contributed by atoms with van der Waals surface area (Å²) in [6, 6.07) is 0. The van der Waals surface area contributed by atoms with Gasteiger partial charge in [-0.25, -0.2) is 0 Å². The van der Waals surface area contributed by atoms with Crippen molar-refractivity contribution in [1.82, 2.24) is 9.97 Å². The lowest BCUT2D eigenvalue weighted by Gasteiger charge is -2.27. The highest BCUT2D eigenvalue weighted by Gasteiger charge is 2.30. The molecule has 1 fully saturated rings. The maximum absolute atomic E-state index is 11.4. The van der Waals surface area contributed by atoms with E-state index in [9.17, 15) is 10.1 Å². The molecule has 9 heteroatoms. The minimum atomic E-state index is -0.472. The second-order valence-corrected chi connectivity index (χ2v) is 5.17. The maximum Gasteiger partial charge on any atom is 0.373 e. The van der Waals surface area contributed by atoms with Crippen molar-refractivity contribution in [2.24, 2.45) is 0 Å². The summed E-state index contributed by atoms with van der Waals surface area (Å²) in [7, 11) is 0. The van der Waals surface area contributed by atoms with Crippen LogP contribution >= 0.6 is 11.8 Å². The van der Waals surface area contributed by atoms with Crippen molar-refractivity contribution < 1.29 is 14.4 Å². The fourth-order valence-corrected chi connectivity index (χ4v) is 2.30. The standard InChI is InChI=1S/C12H18N4O4S/c1-3-6-20-11-9(16(17)18)10(13-12(14-11)21-2)15-4-7-19-8-5-15/h3-8H2,1-2H3. The first-order valence-corrected chi connectivity index (χ1v) is 7.95. The van der Waals surface area contributed by atoms with E-state index in [0.717, 1.165) is 6.42 Å². The summed E-state index contributed by atoms with van der Waals surface area (Å²) < 4.78 is 10.7. The molecule has 1 aromatic heterocycles. The Morgan fingerprint density at radius 2 is 2.14 bits per heavy atom. The topological polar surface area (TPSA) is 90.6 Å². The Morgan fingerprint density at radius 3 is 2.71 bits per heavy atom. The monoisotopic (exact) mass is 314 g/mol. The zero-order valence-corrected chi connectivity index (χ0v) is 12.9. The summed E-state index contributed by atoms with van der Waals surface area (Å²) in [6.45, 7) is 4.51. The van der Waals surface area contributed by atoms with E-state index in [1.165, 1.54) is 11.8 Å². The summed E-state index contributed by atoms with van der Waals surface area (Å²) >= 11 is 1.33. The Hall–Kier alpha value is -1.61. The van der Waals surface area contributed by atoms with Crippen molar-refractivity contribution in [2.75, 3.05) is 44.1 Å². The van der Waals surface area contributed by atoms with Crippen LogP contribution in [-0.4, -0.2) is 54.1 Å². The summed E-state index contributed by atoms with van der Waals surface area (Å²) in [6.07, 6.45) is 2.58. The van der Waals surface area contributed by atoms with E-state index < -0.39 is 4.92 Å². The van der Waals surface area contributed by atoms with Gasteiger partial charge in [0.2, 0.25) is 5.82 Å². The van der Waals surface area contributed by atoms with Gasteiger partial charge in [0.15, 0.2) is 5.16 Å². The molecule has 1 aliphatic rings. The lowest BCUT2D eigenvalue weighted by Crippen LogP contribution is -2.37. The lowest BCUT2D eigenvalue weighted by atomic mass is 10.3. The van der Waals surface area contributed by atoms with Crippen molar-refractivity contribution in [3.8, 4) is 5.88 Å². The first-order chi connectivity index (χ1) is 10.2. The predicted molar refractivity (Wildman–Crippen MR) is 79.3 cm³/mol. The number of nitro groups is 1. The fourth-order valence-electron chi connectivity index (χ4n) is 1.95. The highest BCUT2D eigenvalue weighted by Crippen LogP contribution is 2.36. The molecule has 0 N–H and O–H groups in total. The van der Waals surface area contributed by atoms with Crippen molar-refractivity contribution >= 4 is 23.3 Å². The molecule has 1 saturated heterocycles. The van der Waals surface area contributed by atoms with Gasteiger partial charge in [-0.15, -0.1) is 0 Å². The second kappa shape index (κ2) is 7.41. The van der Waals surface area contributed by atoms with Gasteiger partial charge >= 0.3 is 11.6 Å². The Kier molecular flexibility index (Phi) is 5.57. The minimum Gasteiger partial charge on any atom is -0.473 e. The Morgan fingerprint density at radius 1 is 1.43 bits per heavy atom. The van der Waals surface area contributed by atoms with Crippen LogP contribution in [0.3, 0.4) is 0 Å². The van der Waals surface area contributed by atoms with Gasteiger partial charge in [-0.3, -0.25) is 10.1 Å². The molecule has 0 aromatic carbocycles. The molecule has 2 rings (SSSR count). The van der Waals surface area contributed by atoms with Gasteiger partial charge in [0.25, 0.3) is 0 Å². The van der Waals surface area contributed by atoms with Crippen LogP contribution in [0.5, 0.6) is 5.88 Å². The molecule has 0 aliphatic carbocycles. The van der Waals surface area contributed by atoms with Crippen LogP contribution in [0.2, 0.25) is 0 Å². The molecule has 116 valence electrons. The highest BCUT2D eigenvalue weighted by molar-refractivity contribution is 7.98. The average molecular weight is 314 g/mol. The third-order valence-corrected chi connectivity index (χ3v) is 3.48. The number of thioether (sulfide) groups is 1. The van der Waals surface area contributed by atoms with Gasteiger partial charge in [0.1, 0.15) is 0 Å². The molecule has 21 heavy (non-hydrogen) atoms. The highest BCUT2D eigenvalue weighted by atomic mass is 32.2. The van der Waals surface area contributed by atoms with Crippen LogP contribution in [0.1, 0.15) is 13.3 Å². The quantitative estimate of drug-likeness (QED) is 0.339. The molecule has 1 aliphatic heterocycles. The summed E-state index contributed by atoms with van der Waals surface area (Å²) in [5.74, 6) is 0.358. The second-order valence-electron chi connectivity index (χ2n) is 4.39. The minimum absolute atomic E-state index is 0.0442. The molecule has 0 unspecified atom stereocenters. The number of hydrogen-bond acceptors (Lipinski definition) is 8. The molecule has 0 atom stereocenters. The zero-order chi connectivity index (χ0) is 15.2. The maximum atomic E-state index is 11.4. The first kappa shape index (κ1) is 15.8. The van der Waals surface area contributed by atoms with Gasteiger partial charge in [-0.05, 0) is 12.7 Å². The molecular weight excluding hydrogens is 296 g/mol. The van der Waals surface area contributed by atoms with Crippen LogP contribution in [0.15, 0.2) is 5.16 Å². The van der Waals surface area contributed by atoms with E-state index >= 15 is 0 Å². The van der Waals surface area contributed by atoms with E-state index in [-0.39, 0.29) is 11.6 Å². The summed E-state index contributed by atoms with van der Waals surface area (Å²) in [5, 5.41) is 11.9. The van der Waals surface area contributed by atoms with Gasteiger partial charge in [-0.2, -0.15) is 9.97 Å². The molecule has 0 bridgehead atoms. The summed E-state index contributed by atoms with van der Waals surface area (Å²) in [5.41, 5.74) is -0.164. The van der Waals surface area contributed by atoms with E-state index in [4.69, 9.17) is 9.47 Å². The van der Waals surface area contributed by atoms with E-state index in [0.29, 0.717) is 43.9 Å². The molecule has 2 heterocycles. The molecule has 1 aromatic rings. The van der Waals surface area contributed by atoms with Gasteiger partial charge in [-0.1, -0.05) is 18.7 Å². The Balaban J connectivity index is 2.45. The van der Waals surface area contributed by atoms with Crippen molar-refractivity contribution in [2.45, 2.75) is 18.5 Å². The van der Waals surface area contributed by atoms with Gasteiger partial charge in [0, 0.05) is 13.1 Å². The molecule has 0 amide bonds. The predicted octanol–water partition coefficient (Wildman–Crippen LogP) is 1.73. The van der Waals surface area contributed by atoms with E-state index in [1.807, 2.05) is 18.1 Å². The largest absolute Gasteiger partial charge is 0.473 e. The number of rotatable bonds is 6. The van der Waals surface area contributed by atoms with Crippen LogP contribution < -0.4 is 9.64 Å². The first-order valence-electron chi connectivity index (χ1n) is 6.73. The third-order valence-electron chi connectivity index (χ3n) is 2.93. The number of anilines is 1. The average Bonchev–Trinajstić information content (AvgIpc) is 2.52. The molecule has 0 radical (unpaired) electrons. The van der Waals surface area contributed by atoms with Crippen LogP contribution in [0.25, 0.3) is 0 Å². The number of morpholine rings is 1. The van der Waals surface area contributed by atoms with Crippen molar-refractivity contribution in [3.05, 3.63) is 10.1 Å². The summed E-state index contributed by atoms with van der Waals surface area (Å²) in [4.78, 5) is 21.2. The van der Waals surface area contributed by atoms with E-state index in [2.05, 4.69) is 9.97 Å². The van der Waals surface area contributed by atoms with Crippen molar-refractivity contribution in [1.29, 1.82) is 0 Å². The zero-order valence-electron chi connectivity index (χ0n) is 12.1. The number of ether oxygens (including phenoxy) is 2. The fraction of sp³-hybridized carbons (Fsp3) is 0.667. The van der Waals surface area contributed by atoms with Crippen LogP contribution in [0, 0.1) is 10.1 Å². The normalized spacial score (nSPS) is 15.0. The smallest absolute Gasteiger partial charge is 0.373 e. The number of nitrogens with zero attached hydrogens (tertiary/aromatic N) is 4. The number of hydrogen-bond donors (Lipinski definition) is 0. The Labute approximate surface area is 127 Å². The molecule has 8 nitrogen and oxygen atoms in total. The SMILES string of the molecule is CCCOc1nc(SC)nc(N2CCOCC2)c1[N+](=O)[O-]. The third kappa shape index (κ3) is 3.73. The van der Waals surface area contributed by atoms with Crippen LogP contribution in [0.4, 0.5) is 11.5 Å². The molecule has 0 saturated carbocycles. The van der Waals surface area contributed by atoms with Crippen LogP contribution in [-0.2, 0) is 4.74 Å². The molecule has 0 spiro atoms. The lowest BCUT2D eigenvalue weighted by molar-refractivity contribution is -0.385. The van der Waals surface area contributed by atoms with Gasteiger partial charge < -0.3 is 14.4 Å². The van der Waals surface area contributed by atoms with Gasteiger partial charge in [0.05, 0.1) is 24.7 Å². The molecular formula is C12H18N4O4S. The Bertz CT molecular complexity index is 508. The van der Waals surface area contributed by atoms with Crippen molar-refractivity contribution in [3.63, 3.8) is 0 Å². The number of aromatic nitrogens is 2.